The number of hydrogen-bond acceptors (Lipinski definition) is 1. The first-order valence-electron chi connectivity index (χ1n) is 7.09. The molecule has 0 atom stereocenters. The minimum Gasteiger partial charge on any atom is -0.299 e. The first-order valence-corrected chi connectivity index (χ1v) is 7.09. The summed E-state index contributed by atoms with van der Waals surface area (Å²) < 4.78 is 0. The molecular weight excluding hydrogens is 244 g/mol. The third-order valence-electron chi connectivity index (χ3n) is 3.95. The second-order valence-corrected chi connectivity index (χ2v) is 5.73. The summed E-state index contributed by atoms with van der Waals surface area (Å²) in [6.45, 7) is 8.37. The molecule has 0 fully saturated rings. The molecule has 0 heterocycles. The van der Waals surface area contributed by atoms with E-state index in [1.807, 2.05) is 0 Å². The lowest BCUT2D eigenvalue weighted by molar-refractivity contribution is -0.117. The van der Waals surface area contributed by atoms with Crippen molar-refractivity contribution < 1.29 is 4.79 Å². The average Bonchev–Trinajstić information content (AvgIpc) is 2.38. The Morgan fingerprint density at radius 2 is 1.10 bits per heavy atom. The molecule has 0 spiro atoms. The number of benzene rings is 2. The van der Waals surface area contributed by atoms with Gasteiger partial charge in [-0.15, -0.1) is 0 Å². The number of rotatable bonds is 4. The molecule has 2 rings (SSSR count). The van der Waals surface area contributed by atoms with E-state index in [1.54, 1.807) is 0 Å². The van der Waals surface area contributed by atoms with Gasteiger partial charge >= 0.3 is 0 Å². The summed E-state index contributed by atoms with van der Waals surface area (Å²) in [6.07, 6.45) is 1.04. The highest BCUT2D eigenvalue weighted by molar-refractivity contribution is 5.83. The molecule has 1 heteroatoms. The van der Waals surface area contributed by atoms with E-state index in [4.69, 9.17) is 0 Å². The Hall–Kier alpha value is -1.89. The molecule has 0 amide bonds. The van der Waals surface area contributed by atoms with Gasteiger partial charge in [0.25, 0.3) is 0 Å². The maximum absolute atomic E-state index is 12.2. The largest absolute Gasteiger partial charge is 0.299 e. The second kappa shape index (κ2) is 6.04. The molecule has 20 heavy (non-hydrogen) atoms. The number of carbonyl (C=O) groups excluding carboxylic acids is 1. The Balaban J connectivity index is 2.04. The second-order valence-electron chi connectivity index (χ2n) is 5.73. The highest BCUT2D eigenvalue weighted by atomic mass is 16.1. The van der Waals surface area contributed by atoms with Crippen LogP contribution < -0.4 is 0 Å². The summed E-state index contributed by atoms with van der Waals surface area (Å²) >= 11 is 0. The monoisotopic (exact) mass is 266 g/mol. The minimum atomic E-state index is 0.275. The Labute approximate surface area is 121 Å². The molecule has 2 aromatic rings. The third-order valence-corrected chi connectivity index (χ3v) is 3.95. The lowest BCUT2D eigenvalue weighted by atomic mass is 9.98. The maximum atomic E-state index is 12.2. The van der Waals surface area contributed by atoms with E-state index < -0.39 is 0 Å². The molecule has 2 aromatic carbocycles. The topological polar surface area (TPSA) is 17.1 Å². The molecule has 1 nitrogen and oxygen atoms in total. The molecule has 0 radical (unpaired) electrons. The van der Waals surface area contributed by atoms with E-state index in [-0.39, 0.29) is 5.78 Å². The van der Waals surface area contributed by atoms with Gasteiger partial charge in [-0.25, -0.2) is 0 Å². The van der Waals surface area contributed by atoms with Crippen LogP contribution in [0.2, 0.25) is 0 Å². The van der Waals surface area contributed by atoms with Crippen molar-refractivity contribution in [3.63, 3.8) is 0 Å². The first kappa shape index (κ1) is 14.5. The van der Waals surface area contributed by atoms with Crippen LogP contribution in [0.4, 0.5) is 0 Å². The number of ketones is 1. The molecule has 0 aromatic heterocycles. The van der Waals surface area contributed by atoms with E-state index >= 15 is 0 Å². The van der Waals surface area contributed by atoms with E-state index in [0.29, 0.717) is 12.8 Å². The Morgan fingerprint density at radius 1 is 0.700 bits per heavy atom. The van der Waals surface area contributed by atoms with Crippen LogP contribution in [-0.4, -0.2) is 5.78 Å². The highest BCUT2D eigenvalue weighted by Crippen LogP contribution is 2.14. The first-order chi connectivity index (χ1) is 9.45. The zero-order chi connectivity index (χ0) is 14.7. The van der Waals surface area contributed by atoms with Crippen molar-refractivity contribution in [2.75, 3.05) is 0 Å². The van der Waals surface area contributed by atoms with Gasteiger partial charge in [-0.2, -0.15) is 0 Å². The number of hydrogen-bond donors (Lipinski definition) is 0. The zero-order valence-electron chi connectivity index (χ0n) is 12.8. The summed E-state index contributed by atoms with van der Waals surface area (Å²) in [7, 11) is 0. The Bertz CT molecular complexity index is 583. The number of aryl methyl sites for hydroxylation is 4. The van der Waals surface area contributed by atoms with Gasteiger partial charge in [-0.05, 0) is 61.1 Å². The molecule has 0 bridgehead atoms. The van der Waals surface area contributed by atoms with Crippen LogP contribution in [0, 0.1) is 27.7 Å². The van der Waals surface area contributed by atoms with Gasteiger partial charge in [-0.1, -0.05) is 36.4 Å². The third kappa shape index (κ3) is 3.57. The van der Waals surface area contributed by atoms with Crippen LogP contribution in [0.1, 0.15) is 33.4 Å². The predicted molar refractivity (Wildman–Crippen MR) is 84.2 cm³/mol. The average molecular weight is 266 g/mol. The molecule has 0 aliphatic heterocycles. The van der Waals surface area contributed by atoms with E-state index in [2.05, 4.69) is 64.1 Å². The van der Waals surface area contributed by atoms with Gasteiger partial charge in [0.2, 0.25) is 0 Å². The van der Waals surface area contributed by atoms with Gasteiger partial charge < -0.3 is 0 Å². The van der Waals surface area contributed by atoms with Crippen molar-refractivity contribution in [1.29, 1.82) is 0 Å². The van der Waals surface area contributed by atoms with Crippen molar-refractivity contribution in [3.05, 3.63) is 69.8 Å². The fraction of sp³-hybridized carbons (Fsp3) is 0.316. The van der Waals surface area contributed by atoms with Crippen LogP contribution in [0.15, 0.2) is 36.4 Å². The normalized spacial score (nSPS) is 10.6. The van der Waals surface area contributed by atoms with Gasteiger partial charge in [-0.3, -0.25) is 4.79 Å². The summed E-state index contributed by atoms with van der Waals surface area (Å²) in [4.78, 5) is 12.2. The van der Waals surface area contributed by atoms with Crippen LogP contribution in [0.5, 0.6) is 0 Å². The smallest absolute Gasteiger partial charge is 0.141 e. The molecule has 104 valence electrons. The fourth-order valence-electron chi connectivity index (χ4n) is 2.34. The van der Waals surface area contributed by atoms with Crippen LogP contribution in [-0.2, 0) is 17.6 Å². The van der Waals surface area contributed by atoms with Crippen LogP contribution in [0.3, 0.4) is 0 Å². The van der Waals surface area contributed by atoms with E-state index in [1.165, 1.54) is 22.3 Å². The number of Topliss-reactive ketones (excluding diaryl/α,β-unsaturated/α-hetero) is 1. The van der Waals surface area contributed by atoms with Gasteiger partial charge in [0.05, 0.1) is 0 Å². The molecule has 0 unspecified atom stereocenters. The van der Waals surface area contributed by atoms with Crippen LogP contribution >= 0.6 is 0 Å². The molecule has 0 saturated heterocycles. The lowest BCUT2D eigenvalue weighted by Gasteiger charge is -2.07. The molecule has 0 saturated carbocycles. The summed E-state index contributed by atoms with van der Waals surface area (Å²) in [5.74, 6) is 0.275. The summed E-state index contributed by atoms with van der Waals surface area (Å²) in [5, 5.41) is 0. The van der Waals surface area contributed by atoms with Gasteiger partial charge in [0.1, 0.15) is 5.78 Å². The fourth-order valence-corrected chi connectivity index (χ4v) is 2.34. The van der Waals surface area contributed by atoms with E-state index in [0.717, 1.165) is 11.1 Å². The Kier molecular flexibility index (Phi) is 4.39. The van der Waals surface area contributed by atoms with Crippen molar-refractivity contribution in [2.24, 2.45) is 0 Å². The summed E-state index contributed by atoms with van der Waals surface area (Å²) in [6, 6.07) is 12.5. The van der Waals surface area contributed by atoms with Crippen molar-refractivity contribution in [1.82, 2.24) is 0 Å². The molecule has 0 aliphatic carbocycles. The standard InChI is InChI=1S/C19H22O/c1-13-5-7-17(9-15(13)3)11-19(20)12-18-8-6-14(2)16(4)10-18/h5-10H,11-12H2,1-4H3. The summed E-state index contributed by atoms with van der Waals surface area (Å²) in [5.41, 5.74) is 7.28. The van der Waals surface area contributed by atoms with Gasteiger partial charge in [0, 0.05) is 12.8 Å². The van der Waals surface area contributed by atoms with Crippen molar-refractivity contribution in [2.45, 2.75) is 40.5 Å². The van der Waals surface area contributed by atoms with E-state index in [9.17, 15) is 4.79 Å². The zero-order valence-corrected chi connectivity index (χ0v) is 12.8. The SMILES string of the molecule is Cc1ccc(CC(=O)Cc2ccc(C)c(C)c2)cc1C. The number of carbonyl (C=O) groups is 1. The van der Waals surface area contributed by atoms with Crippen molar-refractivity contribution in [3.8, 4) is 0 Å². The highest BCUT2D eigenvalue weighted by Gasteiger charge is 2.07. The predicted octanol–water partition coefficient (Wildman–Crippen LogP) is 4.27. The maximum Gasteiger partial charge on any atom is 0.141 e. The lowest BCUT2D eigenvalue weighted by Crippen LogP contribution is -2.07. The van der Waals surface area contributed by atoms with Gasteiger partial charge in [0.15, 0.2) is 0 Å². The minimum absolute atomic E-state index is 0.275. The van der Waals surface area contributed by atoms with Crippen molar-refractivity contribution >= 4 is 5.78 Å². The molecular formula is C19H22O. The molecule has 0 N–H and O–H groups in total. The van der Waals surface area contributed by atoms with Crippen LogP contribution in [0.25, 0.3) is 0 Å². The Morgan fingerprint density at radius 3 is 1.45 bits per heavy atom. The quantitative estimate of drug-likeness (QED) is 0.807. The molecule has 0 aliphatic rings.